The topological polar surface area (TPSA) is 89.5 Å². The molecule has 3 aromatic rings. The molecule has 2 aromatic carbocycles. The third kappa shape index (κ3) is 5.45. The number of aromatic hydroxyl groups is 1. The lowest BCUT2D eigenvalue weighted by Crippen LogP contribution is -2.36. The zero-order chi connectivity index (χ0) is 29.3. The van der Waals surface area contributed by atoms with Crippen molar-refractivity contribution in [3.05, 3.63) is 63.4 Å². The molecule has 2 aliphatic heterocycles. The minimum absolute atomic E-state index is 0.0378. The van der Waals surface area contributed by atoms with Gasteiger partial charge in [0, 0.05) is 54.6 Å². The molecule has 5 rings (SSSR count). The van der Waals surface area contributed by atoms with Crippen molar-refractivity contribution in [2.24, 2.45) is 0 Å². The smallest absolute Gasteiger partial charge is 0.255 e. The molecule has 8 nitrogen and oxygen atoms in total. The molecule has 0 atom stereocenters. The quantitative estimate of drug-likeness (QED) is 0.306. The first-order valence-corrected chi connectivity index (χ1v) is 14.4. The number of ether oxygens (including phenoxy) is 4. The fraction of sp³-hybridized carbons (Fsp3) is 0.344. The highest BCUT2D eigenvalue weighted by Gasteiger charge is 2.34. The summed E-state index contributed by atoms with van der Waals surface area (Å²) in [5.74, 6) is 1.48. The van der Waals surface area contributed by atoms with Gasteiger partial charge in [-0.1, -0.05) is 12.1 Å². The van der Waals surface area contributed by atoms with Gasteiger partial charge in [0.2, 0.25) is 0 Å². The lowest BCUT2D eigenvalue weighted by atomic mass is 9.83. The molecule has 1 amide bonds. The zero-order valence-electron chi connectivity index (χ0n) is 24.3. The number of thiophene rings is 1. The minimum Gasteiger partial charge on any atom is -0.504 e. The number of phenols is 1. The number of carbonyl (C=O) groups is 1. The molecule has 216 valence electrons. The van der Waals surface area contributed by atoms with Crippen LogP contribution in [0.5, 0.6) is 17.2 Å². The van der Waals surface area contributed by atoms with E-state index in [1.165, 1.54) is 18.4 Å². The van der Waals surface area contributed by atoms with E-state index >= 15 is 0 Å². The van der Waals surface area contributed by atoms with Gasteiger partial charge in [-0.05, 0) is 62.1 Å². The first-order chi connectivity index (χ1) is 19.7. The second-order valence-electron chi connectivity index (χ2n) is 10.7. The molecule has 0 spiro atoms. The van der Waals surface area contributed by atoms with Crippen molar-refractivity contribution < 1.29 is 28.8 Å². The number of fused-ring (bicyclic) bond motifs is 5. The van der Waals surface area contributed by atoms with Gasteiger partial charge in [0.1, 0.15) is 11.5 Å². The molecule has 2 aliphatic rings. The van der Waals surface area contributed by atoms with E-state index in [0.717, 1.165) is 32.8 Å². The van der Waals surface area contributed by atoms with E-state index in [2.05, 4.69) is 38.2 Å². The first kappa shape index (κ1) is 28.7. The van der Waals surface area contributed by atoms with E-state index in [1.54, 1.807) is 31.3 Å². The van der Waals surface area contributed by atoms with Crippen LogP contribution < -0.4 is 14.8 Å². The van der Waals surface area contributed by atoms with Crippen molar-refractivity contribution in [3.8, 4) is 28.4 Å². The van der Waals surface area contributed by atoms with Crippen LogP contribution in [0.3, 0.4) is 0 Å². The molecule has 0 unspecified atom stereocenters. The van der Waals surface area contributed by atoms with Gasteiger partial charge < -0.3 is 34.3 Å². The van der Waals surface area contributed by atoms with Crippen LogP contribution in [0.4, 0.5) is 5.69 Å². The number of nitrogens with zero attached hydrogens (tertiary/aromatic N) is 1. The van der Waals surface area contributed by atoms with Gasteiger partial charge in [-0.2, -0.15) is 0 Å². The summed E-state index contributed by atoms with van der Waals surface area (Å²) < 4.78 is 22.7. The number of carbonyl (C=O) groups excluding carboxylic acids is 1. The number of benzene rings is 2. The highest BCUT2D eigenvalue weighted by atomic mass is 32.1. The highest BCUT2D eigenvalue weighted by Crippen LogP contribution is 2.54. The van der Waals surface area contributed by atoms with Crippen LogP contribution in [0.25, 0.3) is 28.5 Å². The van der Waals surface area contributed by atoms with Crippen LogP contribution in [0.1, 0.15) is 47.1 Å². The second-order valence-corrected chi connectivity index (χ2v) is 11.6. The van der Waals surface area contributed by atoms with Crippen LogP contribution in [-0.2, 0) is 9.47 Å². The summed E-state index contributed by atoms with van der Waals surface area (Å²) in [6.45, 7) is 8.13. The fourth-order valence-corrected chi connectivity index (χ4v) is 6.37. The van der Waals surface area contributed by atoms with Gasteiger partial charge in [-0.15, -0.1) is 11.3 Å². The molecule has 0 bridgehead atoms. The number of hydrogen-bond acceptors (Lipinski definition) is 8. The van der Waals surface area contributed by atoms with Gasteiger partial charge in [-0.3, -0.25) is 4.79 Å². The molecular formula is C32H36N2O6S. The number of nitrogens with one attached hydrogen (secondary N) is 1. The molecule has 0 fully saturated rings. The van der Waals surface area contributed by atoms with Gasteiger partial charge in [0.25, 0.3) is 5.91 Å². The lowest BCUT2D eigenvalue weighted by Gasteiger charge is -2.35. The monoisotopic (exact) mass is 576 g/mol. The van der Waals surface area contributed by atoms with Gasteiger partial charge in [-0.25, -0.2) is 0 Å². The summed E-state index contributed by atoms with van der Waals surface area (Å²) in [6, 6.07) is 9.25. The lowest BCUT2D eigenvalue weighted by molar-refractivity contribution is 0.0627. The standard InChI is InChI=1S/C32H36N2O6S/c1-19-18-32(2,3)33-22-8-7-21-28(27(19)22)25(40-24-10-9-23(35)30(39-6)29(21)24)17-26-20(11-16-41-26)31(36)34(12-14-37-4)13-15-38-5/h7-11,16-18,33,35H,12-15H2,1-6H3. The maximum absolute atomic E-state index is 13.7. The number of amides is 1. The van der Waals surface area contributed by atoms with Crippen LogP contribution >= 0.6 is 11.3 Å². The van der Waals surface area contributed by atoms with E-state index in [-0.39, 0.29) is 17.2 Å². The van der Waals surface area contributed by atoms with Crippen molar-refractivity contribution in [2.45, 2.75) is 26.3 Å². The SMILES string of the molecule is COCCN(CCOC)C(=O)c1ccsc1C=C1Oc2ccc(O)c(OC)c2-c2ccc3c(c21)C(C)=CC(C)(C)N3. The van der Waals surface area contributed by atoms with E-state index in [1.807, 2.05) is 23.6 Å². The van der Waals surface area contributed by atoms with E-state index in [9.17, 15) is 9.90 Å². The normalized spacial score (nSPS) is 15.7. The highest BCUT2D eigenvalue weighted by molar-refractivity contribution is 7.11. The molecule has 0 saturated heterocycles. The predicted octanol–water partition coefficient (Wildman–Crippen LogP) is 6.36. The summed E-state index contributed by atoms with van der Waals surface area (Å²) in [6.07, 6.45) is 4.14. The molecule has 0 saturated carbocycles. The zero-order valence-corrected chi connectivity index (χ0v) is 25.1. The van der Waals surface area contributed by atoms with E-state index in [4.69, 9.17) is 18.9 Å². The van der Waals surface area contributed by atoms with Crippen molar-refractivity contribution >= 4 is 40.3 Å². The average Bonchev–Trinajstić information content (AvgIpc) is 3.40. The Balaban J connectivity index is 1.68. The fourth-order valence-electron chi connectivity index (χ4n) is 5.57. The van der Waals surface area contributed by atoms with E-state index in [0.29, 0.717) is 54.7 Å². The Morgan fingerprint density at radius 3 is 2.46 bits per heavy atom. The average molecular weight is 577 g/mol. The molecule has 41 heavy (non-hydrogen) atoms. The van der Waals surface area contributed by atoms with Crippen LogP contribution in [0, 0.1) is 0 Å². The Morgan fingerprint density at radius 2 is 1.78 bits per heavy atom. The second kappa shape index (κ2) is 11.6. The van der Waals surface area contributed by atoms with Crippen molar-refractivity contribution in [1.29, 1.82) is 0 Å². The van der Waals surface area contributed by atoms with Crippen molar-refractivity contribution in [3.63, 3.8) is 0 Å². The van der Waals surface area contributed by atoms with Crippen LogP contribution in [0.15, 0.2) is 41.8 Å². The van der Waals surface area contributed by atoms with Gasteiger partial charge in [0.05, 0.1) is 37.0 Å². The summed E-state index contributed by atoms with van der Waals surface area (Å²) >= 11 is 1.48. The Hall–Kier alpha value is -3.79. The number of anilines is 1. The van der Waals surface area contributed by atoms with Crippen LogP contribution in [-0.4, -0.2) is 69.1 Å². The Bertz CT molecular complexity index is 1530. The van der Waals surface area contributed by atoms with Crippen LogP contribution in [0.2, 0.25) is 0 Å². The molecule has 9 heteroatoms. The Labute approximate surface area is 244 Å². The third-order valence-corrected chi connectivity index (χ3v) is 8.14. The molecule has 2 N–H and O–H groups in total. The summed E-state index contributed by atoms with van der Waals surface area (Å²) in [4.78, 5) is 16.2. The maximum Gasteiger partial charge on any atom is 0.255 e. The van der Waals surface area contributed by atoms with Gasteiger partial charge >= 0.3 is 0 Å². The molecule has 1 aromatic heterocycles. The number of methoxy groups -OCH3 is 3. The van der Waals surface area contributed by atoms with Crippen molar-refractivity contribution in [2.75, 3.05) is 52.9 Å². The number of hydrogen-bond donors (Lipinski definition) is 2. The largest absolute Gasteiger partial charge is 0.504 e. The molecule has 0 aliphatic carbocycles. The summed E-state index contributed by atoms with van der Waals surface area (Å²) in [5.41, 5.74) is 5.90. The Morgan fingerprint density at radius 1 is 1.05 bits per heavy atom. The molecular weight excluding hydrogens is 540 g/mol. The summed E-state index contributed by atoms with van der Waals surface area (Å²) in [7, 11) is 4.78. The number of rotatable bonds is 9. The first-order valence-electron chi connectivity index (χ1n) is 13.5. The Kier molecular flexibility index (Phi) is 8.13. The molecule has 3 heterocycles. The van der Waals surface area contributed by atoms with Crippen molar-refractivity contribution in [1.82, 2.24) is 4.90 Å². The third-order valence-electron chi connectivity index (χ3n) is 7.28. The number of phenolic OH excluding ortho intramolecular Hbond substituents is 1. The maximum atomic E-state index is 13.7. The minimum atomic E-state index is -0.222. The van der Waals surface area contributed by atoms with E-state index < -0.39 is 0 Å². The summed E-state index contributed by atoms with van der Waals surface area (Å²) in [5, 5.41) is 16.2. The molecule has 0 radical (unpaired) electrons. The number of allylic oxidation sites excluding steroid dienone is 1. The predicted molar refractivity (Wildman–Crippen MR) is 164 cm³/mol. The van der Waals surface area contributed by atoms with Gasteiger partial charge in [0.15, 0.2) is 11.5 Å².